The molecule has 30 heavy (non-hydrogen) atoms. The van der Waals surface area contributed by atoms with Gasteiger partial charge in [-0.25, -0.2) is 0 Å². The summed E-state index contributed by atoms with van der Waals surface area (Å²) in [6.45, 7) is 21.8. The van der Waals surface area contributed by atoms with Crippen LogP contribution in [0.25, 0.3) is 0 Å². The van der Waals surface area contributed by atoms with Gasteiger partial charge in [-0.3, -0.25) is 0 Å². The quantitative estimate of drug-likeness (QED) is 0.441. The fraction of sp³-hybridized carbons (Fsp3) is 0.586. The molecule has 0 aliphatic carbocycles. The van der Waals surface area contributed by atoms with E-state index in [0.29, 0.717) is 12.0 Å². The second-order valence-corrected chi connectivity index (χ2v) is 9.81. The van der Waals surface area contributed by atoms with Crippen LogP contribution < -0.4 is 0 Å². The molecule has 170 valence electrons. The number of hydrogen-bond acceptors (Lipinski definition) is 1. The first-order valence-corrected chi connectivity index (χ1v) is 11.7. The molecule has 0 bridgehead atoms. The zero-order valence-electron chi connectivity index (χ0n) is 21.4. The second kappa shape index (κ2) is 15.2. The third-order valence-corrected chi connectivity index (χ3v) is 5.22. The molecule has 0 aliphatic rings. The van der Waals surface area contributed by atoms with Crippen molar-refractivity contribution in [2.45, 2.75) is 99.7 Å². The Balaban J connectivity index is 0.000000423. The molecule has 0 aromatic heterocycles. The average molecular weight is 413 g/mol. The lowest BCUT2D eigenvalue weighted by Crippen LogP contribution is -2.26. The Morgan fingerprint density at radius 1 is 0.733 bits per heavy atom. The number of ether oxygens (including phenoxy) is 1. The molecule has 2 rings (SSSR count). The van der Waals surface area contributed by atoms with Gasteiger partial charge < -0.3 is 4.74 Å². The van der Waals surface area contributed by atoms with Gasteiger partial charge in [0.1, 0.15) is 0 Å². The van der Waals surface area contributed by atoms with Gasteiger partial charge in [-0.05, 0) is 69.4 Å². The molecule has 2 aromatic rings. The van der Waals surface area contributed by atoms with Gasteiger partial charge in [0.05, 0.1) is 11.7 Å². The summed E-state index contributed by atoms with van der Waals surface area (Å²) in [7, 11) is 0. The van der Waals surface area contributed by atoms with E-state index in [2.05, 4.69) is 130 Å². The summed E-state index contributed by atoms with van der Waals surface area (Å²) >= 11 is 0. The Labute approximate surface area is 188 Å². The Kier molecular flexibility index (Phi) is 14.4. The maximum absolute atomic E-state index is 5.59. The van der Waals surface area contributed by atoms with Crippen molar-refractivity contribution in [3.8, 4) is 0 Å². The minimum atomic E-state index is 0.0637. The standard InChI is InChI=1S/C11H16.C10H14.C8H18O/c1-9(2)10(3)11-7-5-4-6-8-11;1-9(2)8-10-6-4-3-5-7-10;1-6-8(4,5)9-7(2)3/h4-10H,1-3H3;3-7,9H,8H2,1-2H3;7H,6H2,1-5H3. The van der Waals surface area contributed by atoms with Crippen molar-refractivity contribution >= 4 is 0 Å². The highest BCUT2D eigenvalue weighted by Gasteiger charge is 2.16. The van der Waals surface area contributed by atoms with Gasteiger partial charge in [-0.1, -0.05) is 102 Å². The molecular weight excluding hydrogens is 364 g/mol. The van der Waals surface area contributed by atoms with Crippen molar-refractivity contribution in [1.82, 2.24) is 0 Å². The molecule has 0 saturated heterocycles. The van der Waals surface area contributed by atoms with Crippen LogP contribution in [0.2, 0.25) is 0 Å². The van der Waals surface area contributed by atoms with E-state index in [0.717, 1.165) is 18.3 Å². The smallest absolute Gasteiger partial charge is 0.0627 e. The lowest BCUT2D eigenvalue weighted by Gasteiger charge is -2.25. The van der Waals surface area contributed by atoms with E-state index in [1.807, 2.05) is 0 Å². The summed E-state index contributed by atoms with van der Waals surface area (Å²) in [6.07, 6.45) is 2.62. The van der Waals surface area contributed by atoms with E-state index >= 15 is 0 Å². The molecule has 0 spiro atoms. The highest BCUT2D eigenvalue weighted by Crippen LogP contribution is 2.22. The van der Waals surface area contributed by atoms with Gasteiger partial charge in [0.25, 0.3) is 0 Å². The summed E-state index contributed by atoms with van der Waals surface area (Å²) in [6, 6.07) is 21.3. The summed E-state index contributed by atoms with van der Waals surface area (Å²) < 4.78 is 5.59. The first-order valence-electron chi connectivity index (χ1n) is 11.7. The molecule has 1 heteroatoms. The molecule has 1 atom stereocenters. The Bertz CT molecular complexity index is 626. The van der Waals surface area contributed by atoms with Crippen LogP contribution in [-0.4, -0.2) is 11.7 Å². The van der Waals surface area contributed by atoms with Gasteiger partial charge in [-0.15, -0.1) is 0 Å². The molecule has 1 unspecified atom stereocenters. The van der Waals surface area contributed by atoms with Crippen LogP contribution in [0.3, 0.4) is 0 Å². The van der Waals surface area contributed by atoms with Gasteiger partial charge >= 0.3 is 0 Å². The topological polar surface area (TPSA) is 9.23 Å². The monoisotopic (exact) mass is 412 g/mol. The lowest BCUT2D eigenvalue weighted by molar-refractivity contribution is -0.0573. The minimum Gasteiger partial charge on any atom is -0.373 e. The van der Waals surface area contributed by atoms with Gasteiger partial charge in [-0.2, -0.15) is 0 Å². The largest absolute Gasteiger partial charge is 0.373 e. The highest BCUT2D eigenvalue weighted by atomic mass is 16.5. The van der Waals surface area contributed by atoms with Gasteiger partial charge in [0, 0.05) is 0 Å². The van der Waals surface area contributed by atoms with Gasteiger partial charge in [0.15, 0.2) is 0 Å². The molecule has 0 amide bonds. The maximum Gasteiger partial charge on any atom is 0.0627 e. The SMILES string of the molecule is CC(C)C(C)c1ccccc1.CC(C)Cc1ccccc1.CCC(C)(C)OC(C)C. The molecule has 0 radical (unpaired) electrons. The first kappa shape index (κ1) is 28.4. The Morgan fingerprint density at radius 2 is 1.20 bits per heavy atom. The van der Waals surface area contributed by atoms with E-state index in [1.54, 1.807) is 0 Å². The van der Waals surface area contributed by atoms with Crippen LogP contribution in [0.1, 0.15) is 92.7 Å². The third kappa shape index (κ3) is 14.4. The van der Waals surface area contributed by atoms with Crippen molar-refractivity contribution in [1.29, 1.82) is 0 Å². The van der Waals surface area contributed by atoms with Crippen molar-refractivity contribution in [3.05, 3.63) is 71.8 Å². The number of hydrogen-bond donors (Lipinski definition) is 0. The highest BCUT2D eigenvalue weighted by molar-refractivity contribution is 5.19. The van der Waals surface area contributed by atoms with E-state index in [1.165, 1.54) is 17.5 Å². The molecular formula is C29H48O. The molecule has 0 heterocycles. The number of rotatable bonds is 7. The second-order valence-electron chi connectivity index (χ2n) is 9.81. The van der Waals surface area contributed by atoms with Crippen LogP contribution in [0.5, 0.6) is 0 Å². The van der Waals surface area contributed by atoms with Crippen molar-refractivity contribution in [2.75, 3.05) is 0 Å². The van der Waals surface area contributed by atoms with Crippen LogP contribution in [0, 0.1) is 11.8 Å². The Morgan fingerprint density at radius 3 is 1.53 bits per heavy atom. The maximum atomic E-state index is 5.59. The molecule has 0 aliphatic heterocycles. The fourth-order valence-corrected chi connectivity index (χ4v) is 2.95. The van der Waals surface area contributed by atoms with E-state index in [-0.39, 0.29) is 5.60 Å². The summed E-state index contributed by atoms with van der Waals surface area (Å²) in [5.41, 5.74) is 2.95. The van der Waals surface area contributed by atoms with Crippen molar-refractivity contribution in [3.63, 3.8) is 0 Å². The van der Waals surface area contributed by atoms with Crippen LogP contribution in [-0.2, 0) is 11.2 Å². The Hall–Kier alpha value is -1.60. The molecule has 0 saturated carbocycles. The molecule has 0 fully saturated rings. The zero-order valence-corrected chi connectivity index (χ0v) is 21.4. The zero-order chi connectivity index (χ0) is 23.2. The predicted molar refractivity (Wildman–Crippen MR) is 135 cm³/mol. The van der Waals surface area contributed by atoms with Crippen molar-refractivity contribution < 1.29 is 4.74 Å². The normalized spacial score (nSPS) is 12.2. The van der Waals surface area contributed by atoms with Crippen LogP contribution in [0.15, 0.2) is 60.7 Å². The third-order valence-electron chi connectivity index (χ3n) is 5.22. The van der Waals surface area contributed by atoms with E-state index < -0.39 is 0 Å². The van der Waals surface area contributed by atoms with Crippen LogP contribution >= 0.6 is 0 Å². The summed E-state index contributed by atoms with van der Waals surface area (Å²) in [5, 5.41) is 0. The summed E-state index contributed by atoms with van der Waals surface area (Å²) in [5.74, 6) is 2.18. The van der Waals surface area contributed by atoms with Gasteiger partial charge in [0.2, 0.25) is 0 Å². The average Bonchev–Trinajstić information content (AvgIpc) is 2.68. The van der Waals surface area contributed by atoms with E-state index in [4.69, 9.17) is 4.74 Å². The fourth-order valence-electron chi connectivity index (χ4n) is 2.95. The molecule has 2 aromatic carbocycles. The van der Waals surface area contributed by atoms with Crippen molar-refractivity contribution in [2.24, 2.45) is 11.8 Å². The molecule has 1 nitrogen and oxygen atoms in total. The number of benzene rings is 2. The summed E-state index contributed by atoms with van der Waals surface area (Å²) in [4.78, 5) is 0. The molecule has 0 N–H and O–H groups in total. The lowest BCUT2D eigenvalue weighted by atomic mass is 9.91. The minimum absolute atomic E-state index is 0.0637. The van der Waals surface area contributed by atoms with E-state index in [9.17, 15) is 0 Å². The predicted octanol–water partition coefficient (Wildman–Crippen LogP) is 8.93. The first-order chi connectivity index (χ1) is 14.0. The van der Waals surface area contributed by atoms with Crippen LogP contribution in [0.4, 0.5) is 0 Å².